The van der Waals surface area contributed by atoms with Crippen molar-refractivity contribution in [2.75, 3.05) is 14.2 Å². The summed E-state index contributed by atoms with van der Waals surface area (Å²) in [4.78, 5) is 22.0. The number of nitrogens with one attached hydrogen (secondary N) is 2. The lowest BCUT2D eigenvalue weighted by Gasteiger charge is -2.12. The van der Waals surface area contributed by atoms with Crippen LogP contribution in [-0.4, -0.2) is 43.0 Å². The monoisotopic (exact) mass is 204 g/mol. The van der Waals surface area contributed by atoms with E-state index in [1.807, 2.05) is 0 Å². The van der Waals surface area contributed by atoms with Gasteiger partial charge < -0.3 is 14.6 Å². The molecule has 0 saturated carbocycles. The van der Waals surface area contributed by atoms with E-state index in [1.54, 1.807) is 0 Å². The van der Waals surface area contributed by atoms with Crippen molar-refractivity contribution in [1.29, 1.82) is 0 Å². The number of aliphatic hydroxyl groups is 1. The fourth-order valence-corrected chi connectivity index (χ4v) is 1.05. The van der Waals surface area contributed by atoms with Gasteiger partial charge in [-0.05, 0) is 0 Å². The molecule has 0 aromatic heterocycles. The van der Waals surface area contributed by atoms with Crippen LogP contribution in [0, 0.1) is 0 Å². The van der Waals surface area contributed by atoms with Crippen molar-refractivity contribution in [3.05, 3.63) is 0 Å². The highest BCUT2D eigenvalue weighted by atomic mass is 16.5. The molecular weight excluding hydrogens is 192 g/mol. The van der Waals surface area contributed by atoms with Gasteiger partial charge in [0, 0.05) is 6.42 Å². The van der Waals surface area contributed by atoms with Crippen LogP contribution in [0.4, 0.5) is 0 Å². The minimum Gasteiger partial charge on any atom is -0.467 e. The van der Waals surface area contributed by atoms with Gasteiger partial charge in [0.15, 0.2) is 11.8 Å². The normalized spacial score (nSPS) is 19.6. The van der Waals surface area contributed by atoms with Crippen LogP contribution in [0.5, 0.6) is 0 Å². The van der Waals surface area contributed by atoms with Crippen LogP contribution < -0.4 is 10.9 Å². The fraction of sp³-hybridized carbons (Fsp3) is 0.714. The van der Waals surface area contributed by atoms with Gasteiger partial charge >= 0.3 is 11.9 Å². The molecule has 1 rings (SSSR count). The number of ether oxygens (including phenoxy) is 2. The second kappa shape index (κ2) is 3.91. The first-order valence-corrected chi connectivity index (χ1v) is 3.94. The second-order valence-electron chi connectivity index (χ2n) is 2.89. The predicted molar refractivity (Wildman–Crippen MR) is 43.7 cm³/mol. The van der Waals surface area contributed by atoms with Crippen molar-refractivity contribution in [2.24, 2.45) is 0 Å². The van der Waals surface area contributed by atoms with E-state index >= 15 is 0 Å². The van der Waals surface area contributed by atoms with Gasteiger partial charge in [-0.3, -0.25) is 0 Å². The van der Waals surface area contributed by atoms with E-state index in [-0.39, 0.29) is 6.42 Å². The Balaban J connectivity index is 2.51. The van der Waals surface area contributed by atoms with Gasteiger partial charge in [0.25, 0.3) is 0 Å². The van der Waals surface area contributed by atoms with Crippen molar-refractivity contribution in [3.63, 3.8) is 0 Å². The Bertz CT molecular complexity index is 250. The number of hydrogen-bond acceptors (Lipinski definition) is 7. The minimum absolute atomic E-state index is 0.133. The van der Waals surface area contributed by atoms with Crippen molar-refractivity contribution < 1.29 is 24.2 Å². The minimum atomic E-state index is -1.36. The summed E-state index contributed by atoms with van der Waals surface area (Å²) in [6.45, 7) is 0. The molecule has 14 heavy (non-hydrogen) atoms. The van der Waals surface area contributed by atoms with E-state index in [4.69, 9.17) is 0 Å². The molecule has 7 heteroatoms. The Hall–Kier alpha value is -1.18. The van der Waals surface area contributed by atoms with Crippen LogP contribution in [0.25, 0.3) is 0 Å². The van der Waals surface area contributed by atoms with Crippen LogP contribution in [0.15, 0.2) is 0 Å². The third-order valence-corrected chi connectivity index (χ3v) is 1.93. The number of hydrazine groups is 1. The molecule has 0 unspecified atom stereocenters. The third kappa shape index (κ3) is 2.00. The zero-order chi connectivity index (χ0) is 10.8. The topological polar surface area (TPSA) is 117 Å². The lowest BCUT2D eigenvalue weighted by Crippen LogP contribution is -2.38. The lowest BCUT2D eigenvalue weighted by molar-refractivity contribution is -0.153. The van der Waals surface area contributed by atoms with Gasteiger partial charge in [-0.1, -0.05) is 0 Å². The Morgan fingerprint density at radius 1 is 1.36 bits per heavy atom. The van der Waals surface area contributed by atoms with Gasteiger partial charge in [-0.2, -0.15) is 0 Å². The molecule has 1 saturated heterocycles. The molecule has 7 nitrogen and oxygen atoms in total. The molecule has 1 atom stereocenters. The lowest BCUT2D eigenvalue weighted by atomic mass is 10.1. The summed E-state index contributed by atoms with van der Waals surface area (Å²) in [5.74, 6) is -1.37. The van der Waals surface area contributed by atoms with E-state index in [9.17, 15) is 14.7 Å². The molecule has 1 heterocycles. The highest BCUT2D eigenvalue weighted by molar-refractivity contribution is 5.84. The predicted octanol–water partition coefficient (Wildman–Crippen LogP) is -2.11. The number of rotatable bonds is 4. The summed E-state index contributed by atoms with van der Waals surface area (Å²) in [6.07, 6.45) is -1.49. The van der Waals surface area contributed by atoms with Crippen LogP contribution in [0.1, 0.15) is 6.42 Å². The smallest absolute Gasteiger partial charge is 0.343 e. The zero-order valence-corrected chi connectivity index (χ0v) is 7.86. The van der Waals surface area contributed by atoms with Gasteiger partial charge in [-0.25, -0.2) is 20.4 Å². The van der Waals surface area contributed by atoms with E-state index in [0.717, 1.165) is 7.11 Å². The number of carbonyl (C=O) groups excluding carboxylic acids is 2. The van der Waals surface area contributed by atoms with Gasteiger partial charge in [-0.15, -0.1) is 0 Å². The maximum Gasteiger partial charge on any atom is 0.343 e. The molecule has 0 spiro atoms. The number of methoxy groups -OCH3 is 2. The standard InChI is InChI=1S/C7H12N2O5/c1-13-5(11)4(10)3-7(8-9-7)6(12)14-2/h4,8-10H,3H2,1-2H3/t4-/m1/s1. The second-order valence-corrected chi connectivity index (χ2v) is 2.89. The summed E-state index contributed by atoms with van der Waals surface area (Å²) in [5.41, 5.74) is 3.88. The highest BCUT2D eigenvalue weighted by Gasteiger charge is 2.53. The Morgan fingerprint density at radius 2 is 1.93 bits per heavy atom. The molecule has 0 aromatic rings. The van der Waals surface area contributed by atoms with E-state index in [0.29, 0.717) is 0 Å². The molecule has 0 radical (unpaired) electrons. The SMILES string of the molecule is COC(=O)[C@H](O)CC1(C(=O)OC)NN1. The van der Waals surface area contributed by atoms with E-state index in [1.165, 1.54) is 7.11 Å². The van der Waals surface area contributed by atoms with Crippen LogP contribution >= 0.6 is 0 Å². The van der Waals surface area contributed by atoms with Gasteiger partial charge in [0.05, 0.1) is 14.2 Å². The Labute approximate surface area is 80.3 Å². The maximum absolute atomic E-state index is 11.1. The molecule has 1 fully saturated rings. The largest absolute Gasteiger partial charge is 0.467 e. The molecule has 1 aliphatic heterocycles. The Kier molecular flexibility index (Phi) is 3.04. The summed E-state index contributed by atoms with van der Waals surface area (Å²) in [6, 6.07) is 0. The summed E-state index contributed by atoms with van der Waals surface area (Å²) in [7, 11) is 2.38. The van der Waals surface area contributed by atoms with Crippen molar-refractivity contribution in [3.8, 4) is 0 Å². The van der Waals surface area contributed by atoms with Gasteiger partial charge in [0.1, 0.15) is 0 Å². The summed E-state index contributed by atoms with van der Waals surface area (Å²) in [5, 5.41) is 9.28. The number of aliphatic hydroxyl groups excluding tert-OH is 1. The quantitative estimate of drug-likeness (QED) is 0.354. The first-order valence-electron chi connectivity index (χ1n) is 3.94. The van der Waals surface area contributed by atoms with Crippen LogP contribution in [0.3, 0.4) is 0 Å². The average Bonchev–Trinajstić information content (AvgIpc) is 2.96. The average molecular weight is 204 g/mol. The maximum atomic E-state index is 11.1. The molecule has 80 valence electrons. The number of carbonyl (C=O) groups is 2. The Morgan fingerprint density at radius 3 is 2.29 bits per heavy atom. The first kappa shape index (κ1) is 10.9. The molecule has 0 aromatic carbocycles. The van der Waals surface area contributed by atoms with E-state index in [2.05, 4.69) is 20.3 Å². The first-order chi connectivity index (χ1) is 6.55. The summed E-state index contributed by atoms with van der Waals surface area (Å²) < 4.78 is 8.77. The summed E-state index contributed by atoms with van der Waals surface area (Å²) >= 11 is 0. The van der Waals surface area contributed by atoms with Crippen molar-refractivity contribution in [1.82, 2.24) is 10.9 Å². The van der Waals surface area contributed by atoms with Crippen molar-refractivity contribution >= 4 is 11.9 Å². The molecule has 0 bridgehead atoms. The number of esters is 2. The molecule has 0 amide bonds. The molecule has 1 aliphatic rings. The molecule has 3 N–H and O–H groups in total. The van der Waals surface area contributed by atoms with Gasteiger partial charge in [0.2, 0.25) is 0 Å². The van der Waals surface area contributed by atoms with Crippen LogP contribution in [-0.2, 0) is 19.1 Å². The zero-order valence-electron chi connectivity index (χ0n) is 7.86. The molecular formula is C7H12N2O5. The third-order valence-electron chi connectivity index (χ3n) is 1.93. The van der Waals surface area contributed by atoms with E-state index < -0.39 is 23.7 Å². The van der Waals surface area contributed by atoms with Crippen molar-refractivity contribution in [2.45, 2.75) is 18.2 Å². The number of hydrogen-bond donors (Lipinski definition) is 3. The highest BCUT2D eigenvalue weighted by Crippen LogP contribution is 2.19. The van der Waals surface area contributed by atoms with Crippen LogP contribution in [0.2, 0.25) is 0 Å². The fourth-order valence-electron chi connectivity index (χ4n) is 1.05. The molecule has 0 aliphatic carbocycles.